The molecule has 0 aliphatic heterocycles. The number of nitrogens with zero attached hydrogens (tertiary/aromatic N) is 4. The van der Waals surface area contributed by atoms with Crippen LogP contribution in [-0.4, -0.2) is 25.7 Å². The van der Waals surface area contributed by atoms with E-state index in [1.807, 2.05) is 22.9 Å². The number of hydrogen-bond acceptors (Lipinski definition) is 8. The highest BCUT2D eigenvalue weighted by Gasteiger charge is 2.17. The van der Waals surface area contributed by atoms with Crippen molar-refractivity contribution in [1.82, 2.24) is 19.7 Å². The first-order valence-electron chi connectivity index (χ1n) is 9.24. The molecule has 10 heteroatoms. The molecule has 0 fully saturated rings. The maximum atomic E-state index is 13.0. The first kappa shape index (κ1) is 19.9. The Hall–Kier alpha value is -2.43. The van der Waals surface area contributed by atoms with Gasteiger partial charge in [-0.15, -0.1) is 32.9 Å². The number of carbonyl (C=O) groups is 1. The van der Waals surface area contributed by atoms with Crippen LogP contribution in [0.3, 0.4) is 0 Å². The Bertz CT molecular complexity index is 1190. The maximum Gasteiger partial charge on any atom is 0.263 e. The summed E-state index contributed by atoms with van der Waals surface area (Å²) in [7, 11) is 0. The van der Waals surface area contributed by atoms with E-state index in [1.54, 1.807) is 11.3 Å². The molecule has 4 aromatic rings. The van der Waals surface area contributed by atoms with Crippen LogP contribution in [0.15, 0.2) is 34.0 Å². The van der Waals surface area contributed by atoms with Crippen molar-refractivity contribution in [3.63, 3.8) is 0 Å². The molecule has 0 atom stereocenters. The highest BCUT2D eigenvalue weighted by molar-refractivity contribution is 7.18. The van der Waals surface area contributed by atoms with E-state index in [2.05, 4.69) is 34.3 Å². The van der Waals surface area contributed by atoms with Crippen LogP contribution in [0.2, 0.25) is 0 Å². The topological polar surface area (TPSA) is 89.8 Å². The van der Waals surface area contributed by atoms with Crippen LogP contribution in [0.1, 0.15) is 37.6 Å². The molecule has 7 nitrogen and oxygen atoms in total. The fourth-order valence-electron chi connectivity index (χ4n) is 3.09. The van der Waals surface area contributed by atoms with Gasteiger partial charge in [0.15, 0.2) is 0 Å². The Labute approximate surface area is 179 Å². The molecular formula is C19H19N5O2S3. The van der Waals surface area contributed by atoms with Gasteiger partial charge in [-0.25, -0.2) is 4.98 Å². The van der Waals surface area contributed by atoms with Crippen molar-refractivity contribution in [3.8, 4) is 10.4 Å². The van der Waals surface area contributed by atoms with Gasteiger partial charge in [0.1, 0.15) is 16.4 Å². The molecule has 4 heterocycles. The van der Waals surface area contributed by atoms with Crippen LogP contribution in [0.5, 0.6) is 0 Å². The predicted octanol–water partition coefficient (Wildman–Crippen LogP) is 4.58. The lowest BCUT2D eigenvalue weighted by Gasteiger charge is -2.06. The van der Waals surface area contributed by atoms with Crippen molar-refractivity contribution < 1.29 is 4.79 Å². The zero-order valence-corrected chi connectivity index (χ0v) is 18.4. The van der Waals surface area contributed by atoms with Gasteiger partial charge in [-0.3, -0.25) is 19.5 Å². The molecule has 150 valence electrons. The molecular weight excluding hydrogens is 426 g/mol. The summed E-state index contributed by atoms with van der Waals surface area (Å²) in [6, 6.07) is 3.92. The molecule has 0 spiro atoms. The van der Waals surface area contributed by atoms with Crippen molar-refractivity contribution in [3.05, 3.63) is 44.6 Å². The third-order valence-corrected chi connectivity index (χ3v) is 7.47. The summed E-state index contributed by atoms with van der Waals surface area (Å²) >= 11 is 4.39. The molecule has 0 aromatic carbocycles. The molecule has 0 bridgehead atoms. The first-order valence-corrected chi connectivity index (χ1v) is 11.8. The summed E-state index contributed by atoms with van der Waals surface area (Å²) in [4.78, 5) is 31.5. The van der Waals surface area contributed by atoms with Crippen molar-refractivity contribution in [1.29, 1.82) is 0 Å². The number of rotatable bonds is 7. The van der Waals surface area contributed by atoms with Crippen molar-refractivity contribution in [2.75, 3.05) is 5.32 Å². The highest BCUT2D eigenvalue weighted by Crippen LogP contribution is 2.33. The zero-order chi connectivity index (χ0) is 20.4. The first-order chi connectivity index (χ1) is 14.1. The molecule has 4 rings (SSSR count). The molecule has 29 heavy (non-hydrogen) atoms. The van der Waals surface area contributed by atoms with Crippen LogP contribution in [0.25, 0.3) is 20.7 Å². The lowest BCUT2D eigenvalue weighted by atomic mass is 10.1. The number of hydrogen-bond donors (Lipinski definition) is 1. The largest absolute Gasteiger partial charge is 0.299 e. The normalized spacial score (nSPS) is 11.4. The van der Waals surface area contributed by atoms with E-state index in [1.165, 1.54) is 33.6 Å². The number of carbonyl (C=O) groups excluding carboxylic acids is 1. The predicted molar refractivity (Wildman–Crippen MR) is 119 cm³/mol. The summed E-state index contributed by atoms with van der Waals surface area (Å²) in [6.07, 6.45) is 3.38. The Kier molecular flexibility index (Phi) is 5.84. The van der Waals surface area contributed by atoms with E-state index in [0.29, 0.717) is 21.3 Å². The summed E-state index contributed by atoms with van der Waals surface area (Å²) < 4.78 is 1.34. The minimum absolute atomic E-state index is 0.124. The molecule has 0 saturated carbocycles. The van der Waals surface area contributed by atoms with Crippen LogP contribution in [0, 0.1) is 0 Å². The third kappa shape index (κ3) is 4.00. The Morgan fingerprint density at radius 1 is 1.24 bits per heavy atom. The fraction of sp³-hybridized carbons (Fsp3) is 0.316. The maximum absolute atomic E-state index is 13.0. The molecule has 0 unspecified atom stereocenters. The molecule has 0 aliphatic carbocycles. The number of fused-ring (bicyclic) bond motifs is 1. The number of nitrogens with one attached hydrogen (secondary N) is 1. The molecule has 1 N–H and O–H groups in total. The van der Waals surface area contributed by atoms with Gasteiger partial charge in [-0.1, -0.05) is 31.3 Å². The zero-order valence-electron chi connectivity index (χ0n) is 15.9. The number of thiophene rings is 2. The SMILES string of the molecule is CCC(CC)c1nnc(NC(=O)Cn2cnc3scc(-c4cccs4)c3c2=O)s1. The molecule has 0 radical (unpaired) electrons. The van der Waals surface area contributed by atoms with Crippen molar-refractivity contribution in [2.24, 2.45) is 0 Å². The van der Waals surface area contributed by atoms with E-state index in [9.17, 15) is 9.59 Å². The van der Waals surface area contributed by atoms with Crippen LogP contribution in [-0.2, 0) is 11.3 Å². The Morgan fingerprint density at radius 2 is 2.07 bits per heavy atom. The second-order valence-electron chi connectivity index (χ2n) is 6.49. The van der Waals surface area contributed by atoms with Gasteiger partial charge in [0.2, 0.25) is 11.0 Å². The minimum Gasteiger partial charge on any atom is -0.299 e. The van der Waals surface area contributed by atoms with Gasteiger partial charge < -0.3 is 0 Å². The van der Waals surface area contributed by atoms with Gasteiger partial charge in [0.05, 0.1) is 11.7 Å². The van der Waals surface area contributed by atoms with Gasteiger partial charge in [-0.05, 0) is 24.3 Å². The van der Waals surface area contributed by atoms with Crippen LogP contribution in [0.4, 0.5) is 5.13 Å². The van der Waals surface area contributed by atoms with E-state index in [-0.39, 0.29) is 18.0 Å². The number of anilines is 1. The van der Waals surface area contributed by atoms with E-state index < -0.39 is 0 Å². The van der Waals surface area contributed by atoms with Crippen molar-refractivity contribution >= 4 is 55.3 Å². The van der Waals surface area contributed by atoms with Crippen LogP contribution < -0.4 is 10.9 Å². The number of aromatic nitrogens is 4. The van der Waals surface area contributed by atoms with E-state index in [4.69, 9.17) is 0 Å². The summed E-state index contributed by atoms with van der Waals surface area (Å²) in [5, 5.41) is 16.8. The van der Waals surface area contributed by atoms with Crippen LogP contribution >= 0.6 is 34.0 Å². The summed E-state index contributed by atoms with van der Waals surface area (Å²) in [5.41, 5.74) is 0.649. The lowest BCUT2D eigenvalue weighted by Crippen LogP contribution is -2.27. The standard InChI is InChI=1S/C19H19N5O2S3/c1-3-11(4-2)16-22-23-19(29-16)21-14(25)8-24-10-20-17-15(18(24)26)12(9-28-17)13-6-5-7-27-13/h5-7,9-11H,3-4,8H2,1-2H3,(H,21,23,25). The van der Waals surface area contributed by atoms with E-state index in [0.717, 1.165) is 28.3 Å². The molecule has 0 aliphatic rings. The van der Waals surface area contributed by atoms with Gasteiger partial charge >= 0.3 is 0 Å². The Balaban J connectivity index is 1.55. The third-order valence-electron chi connectivity index (χ3n) is 4.68. The quantitative estimate of drug-likeness (QED) is 0.450. The van der Waals surface area contributed by atoms with Crippen molar-refractivity contribution in [2.45, 2.75) is 39.2 Å². The molecule has 4 aromatic heterocycles. The lowest BCUT2D eigenvalue weighted by molar-refractivity contribution is -0.116. The molecule has 1 amide bonds. The number of amides is 1. The summed E-state index contributed by atoms with van der Waals surface area (Å²) in [5.74, 6) is 0.0232. The van der Waals surface area contributed by atoms with Gasteiger partial charge in [0, 0.05) is 21.7 Å². The monoisotopic (exact) mass is 445 g/mol. The Morgan fingerprint density at radius 3 is 2.79 bits per heavy atom. The molecule has 0 saturated heterocycles. The van der Waals surface area contributed by atoms with Gasteiger partial charge in [-0.2, -0.15) is 0 Å². The smallest absolute Gasteiger partial charge is 0.263 e. The minimum atomic E-state index is -0.326. The second-order valence-corrected chi connectivity index (χ2v) is 9.31. The summed E-state index contributed by atoms with van der Waals surface area (Å²) in [6.45, 7) is 4.10. The van der Waals surface area contributed by atoms with E-state index >= 15 is 0 Å². The highest BCUT2D eigenvalue weighted by atomic mass is 32.1. The fourth-order valence-corrected chi connectivity index (χ4v) is 5.84. The average molecular weight is 446 g/mol. The second kappa shape index (κ2) is 8.52. The average Bonchev–Trinajstić information content (AvgIpc) is 3.45. The van der Waals surface area contributed by atoms with Gasteiger partial charge in [0.25, 0.3) is 5.56 Å².